The number of likely N-dealkylation sites (tertiary alicyclic amines) is 1. The molecule has 262 valence electrons. The van der Waals surface area contributed by atoms with E-state index < -0.39 is 17.8 Å². The third-order valence-corrected chi connectivity index (χ3v) is 11.8. The fourth-order valence-corrected chi connectivity index (χ4v) is 9.26. The molecule has 0 radical (unpaired) electrons. The number of hydrogen-bond donors (Lipinski definition) is 1. The van der Waals surface area contributed by atoms with Gasteiger partial charge in [-0.3, -0.25) is 19.2 Å². The molecule has 1 aromatic carbocycles. The predicted octanol–water partition coefficient (Wildman–Crippen LogP) is 7.78. The van der Waals surface area contributed by atoms with E-state index in [0.29, 0.717) is 61.5 Å². The Balaban J connectivity index is 1.05. The van der Waals surface area contributed by atoms with E-state index in [4.69, 9.17) is 21.3 Å². The fourth-order valence-electron chi connectivity index (χ4n) is 7.08. The molecule has 9 nitrogen and oxygen atoms in total. The number of piperidine rings is 1. The lowest BCUT2D eigenvalue weighted by atomic mass is 9.88. The highest BCUT2D eigenvalue weighted by Gasteiger charge is 2.36. The molecule has 4 aromatic heterocycles. The van der Waals surface area contributed by atoms with E-state index >= 15 is 0 Å². The third-order valence-electron chi connectivity index (χ3n) is 9.59. The minimum Gasteiger partial charge on any atom is -0.491 e. The van der Waals surface area contributed by atoms with Gasteiger partial charge < -0.3 is 9.84 Å². The van der Waals surface area contributed by atoms with Gasteiger partial charge in [-0.1, -0.05) is 11.6 Å². The molecule has 15 heteroatoms. The van der Waals surface area contributed by atoms with E-state index in [1.807, 2.05) is 13.0 Å². The van der Waals surface area contributed by atoms with Crippen LogP contribution in [0.3, 0.4) is 0 Å². The number of aryl methyl sites for hydroxylation is 3. The molecule has 50 heavy (non-hydrogen) atoms. The summed E-state index contributed by atoms with van der Waals surface area (Å²) in [5.74, 6) is 0.114. The van der Waals surface area contributed by atoms with Crippen LogP contribution in [0.5, 0.6) is 5.75 Å². The molecule has 1 saturated heterocycles. The van der Waals surface area contributed by atoms with Crippen LogP contribution in [0.15, 0.2) is 39.8 Å². The summed E-state index contributed by atoms with van der Waals surface area (Å²) in [5.41, 5.74) is 3.29. The molecule has 7 rings (SSSR count). The molecule has 0 saturated carbocycles. The number of fused-ring (bicyclic) bond motifs is 2. The number of nitrogens with zero attached hydrogens (tertiary/aromatic N) is 5. The van der Waals surface area contributed by atoms with Crippen LogP contribution >= 0.6 is 34.3 Å². The Labute approximate surface area is 298 Å². The number of benzene rings is 1. The maximum absolute atomic E-state index is 13.9. The number of carboxylic acids is 1. The summed E-state index contributed by atoms with van der Waals surface area (Å²) < 4.78 is 47.9. The number of alkyl halides is 3. The molecule has 1 aliphatic carbocycles. The van der Waals surface area contributed by atoms with Crippen LogP contribution in [0.4, 0.5) is 13.2 Å². The Morgan fingerprint density at radius 1 is 1.06 bits per heavy atom. The summed E-state index contributed by atoms with van der Waals surface area (Å²) in [5, 5.41) is 13.4. The number of hydrogen-bond acceptors (Lipinski definition) is 9. The van der Waals surface area contributed by atoms with Crippen molar-refractivity contribution in [2.75, 3.05) is 19.7 Å². The lowest BCUT2D eigenvalue weighted by Gasteiger charge is -2.39. The van der Waals surface area contributed by atoms with Gasteiger partial charge in [-0.15, -0.1) is 22.7 Å². The zero-order valence-electron chi connectivity index (χ0n) is 27.2. The monoisotopic (exact) mass is 743 g/mol. The fraction of sp³-hybridized carbons (Fsp3) is 0.400. The van der Waals surface area contributed by atoms with Crippen LogP contribution in [-0.4, -0.2) is 61.2 Å². The summed E-state index contributed by atoms with van der Waals surface area (Å²) in [6.45, 7) is 5.55. The maximum Gasteiger partial charge on any atom is 0.434 e. The molecule has 1 atom stereocenters. The summed E-state index contributed by atoms with van der Waals surface area (Å²) >= 11 is 8.79. The first kappa shape index (κ1) is 34.6. The second-order valence-electron chi connectivity index (χ2n) is 12.7. The molecule has 5 aromatic rings. The van der Waals surface area contributed by atoms with E-state index in [0.717, 1.165) is 60.3 Å². The summed E-state index contributed by atoms with van der Waals surface area (Å²) in [6, 6.07) is 7.31. The standard InChI is InChI=1S/C35H33ClF3N5O4S2/c1-18-13-24(31-30(40-18)26(16-49-31)34(46)47)23-14-21(36)3-6-28(23)48-12-11-44-19(2)41-27-5-4-22(15-25(27)33(44)45)43-9-7-20(8-10-43)32-42-29(17-50-32)35(37,38)39/h3,6,13-14,16-17,20,22H,4-5,7-12,15H2,1-2H3,(H,46,47)/t22-/m0/s1. The van der Waals surface area contributed by atoms with Gasteiger partial charge in [-0.25, -0.2) is 14.8 Å². The average molecular weight is 744 g/mol. The Bertz CT molecular complexity index is 2160. The van der Waals surface area contributed by atoms with Crippen LogP contribution in [0.25, 0.3) is 21.3 Å². The molecule has 1 N–H and O–H groups in total. The smallest absolute Gasteiger partial charge is 0.434 e. The minimum absolute atomic E-state index is 0.00654. The molecule has 0 bridgehead atoms. The molecule has 0 spiro atoms. The van der Waals surface area contributed by atoms with Crippen molar-refractivity contribution in [1.29, 1.82) is 0 Å². The first-order chi connectivity index (χ1) is 23.9. The molecular weight excluding hydrogens is 711 g/mol. The Morgan fingerprint density at radius 3 is 2.56 bits per heavy atom. The van der Waals surface area contributed by atoms with Gasteiger partial charge in [-0.2, -0.15) is 13.2 Å². The van der Waals surface area contributed by atoms with E-state index in [-0.39, 0.29) is 36.2 Å². The van der Waals surface area contributed by atoms with Crippen molar-refractivity contribution in [2.24, 2.45) is 0 Å². The highest BCUT2D eigenvalue weighted by molar-refractivity contribution is 7.18. The van der Waals surface area contributed by atoms with E-state index in [1.165, 1.54) is 11.3 Å². The Kier molecular flexibility index (Phi) is 9.48. The number of ether oxygens (including phenoxy) is 1. The molecular formula is C35H33ClF3N5O4S2. The molecule has 1 fully saturated rings. The highest BCUT2D eigenvalue weighted by Crippen LogP contribution is 2.41. The van der Waals surface area contributed by atoms with Crippen LogP contribution in [0, 0.1) is 13.8 Å². The average Bonchev–Trinajstić information content (AvgIpc) is 3.75. The second kappa shape index (κ2) is 13.7. The van der Waals surface area contributed by atoms with Crippen LogP contribution < -0.4 is 10.3 Å². The van der Waals surface area contributed by atoms with Crippen molar-refractivity contribution >= 4 is 50.5 Å². The van der Waals surface area contributed by atoms with Crippen molar-refractivity contribution in [1.82, 2.24) is 24.4 Å². The second-order valence-corrected chi connectivity index (χ2v) is 15.0. The number of aromatic carboxylic acids is 1. The largest absolute Gasteiger partial charge is 0.491 e. The topological polar surface area (TPSA) is 110 Å². The number of rotatable bonds is 8. The Morgan fingerprint density at radius 2 is 1.84 bits per heavy atom. The zero-order chi connectivity index (χ0) is 35.3. The molecule has 5 heterocycles. The van der Waals surface area contributed by atoms with E-state index in [1.54, 1.807) is 35.1 Å². The predicted molar refractivity (Wildman–Crippen MR) is 187 cm³/mol. The summed E-state index contributed by atoms with van der Waals surface area (Å²) in [4.78, 5) is 41.2. The molecule has 2 aliphatic rings. The van der Waals surface area contributed by atoms with Crippen molar-refractivity contribution in [3.05, 3.63) is 89.4 Å². The van der Waals surface area contributed by atoms with Crippen molar-refractivity contribution < 1.29 is 27.8 Å². The van der Waals surface area contributed by atoms with Crippen molar-refractivity contribution in [2.45, 2.75) is 70.6 Å². The van der Waals surface area contributed by atoms with Crippen molar-refractivity contribution in [3.8, 4) is 16.9 Å². The number of thiophene rings is 1. The van der Waals surface area contributed by atoms with Crippen LogP contribution in [0.1, 0.15) is 69.0 Å². The third kappa shape index (κ3) is 6.78. The van der Waals surface area contributed by atoms with Gasteiger partial charge in [0, 0.05) is 50.1 Å². The summed E-state index contributed by atoms with van der Waals surface area (Å²) in [6.07, 6.45) is -0.847. The first-order valence-corrected chi connectivity index (χ1v) is 18.4. The van der Waals surface area contributed by atoms with Gasteiger partial charge in [0.1, 0.15) is 18.2 Å². The lowest BCUT2D eigenvalue weighted by Crippen LogP contribution is -2.46. The van der Waals surface area contributed by atoms with Crippen molar-refractivity contribution in [3.63, 3.8) is 0 Å². The number of carboxylic acid groups (broad SMARTS) is 1. The first-order valence-electron chi connectivity index (χ1n) is 16.3. The van der Waals surface area contributed by atoms with Crippen LogP contribution in [0.2, 0.25) is 5.02 Å². The lowest BCUT2D eigenvalue weighted by molar-refractivity contribution is -0.140. The number of thiazole rings is 1. The van der Waals surface area contributed by atoms with Gasteiger partial charge in [0.15, 0.2) is 5.69 Å². The normalized spacial score (nSPS) is 17.3. The van der Waals surface area contributed by atoms with Gasteiger partial charge in [0.25, 0.3) is 5.56 Å². The molecule has 0 unspecified atom stereocenters. The van der Waals surface area contributed by atoms with Gasteiger partial charge in [-0.05, 0) is 83.3 Å². The van der Waals surface area contributed by atoms with Gasteiger partial charge in [0.2, 0.25) is 0 Å². The zero-order valence-corrected chi connectivity index (χ0v) is 29.6. The molecule has 1 aliphatic heterocycles. The molecule has 0 amide bonds. The van der Waals surface area contributed by atoms with Gasteiger partial charge in [0.05, 0.1) is 33.0 Å². The summed E-state index contributed by atoms with van der Waals surface area (Å²) in [7, 11) is 0. The maximum atomic E-state index is 13.9. The Hall–Kier alpha value is -3.85. The quantitative estimate of drug-likeness (QED) is 0.172. The highest BCUT2D eigenvalue weighted by atomic mass is 35.5. The number of aromatic nitrogens is 4. The number of pyridine rings is 1. The van der Waals surface area contributed by atoms with Gasteiger partial charge >= 0.3 is 12.1 Å². The minimum atomic E-state index is -4.43. The van der Waals surface area contributed by atoms with E-state index in [2.05, 4.69) is 14.9 Å². The van der Waals surface area contributed by atoms with E-state index in [9.17, 15) is 27.9 Å². The number of halogens is 4. The SMILES string of the molecule is Cc1cc(-c2cc(Cl)ccc2OCCn2c(C)nc3c(c2=O)C[C@@H](N2CCC(c4nc(C(F)(F)F)cs4)CC2)CC3)c2scc(C(=O)O)c2n1. The number of carbonyl (C=O) groups is 1. The van der Waals surface area contributed by atoms with Crippen LogP contribution in [-0.2, 0) is 25.6 Å².